The van der Waals surface area contributed by atoms with E-state index in [0.717, 1.165) is 47.3 Å². The maximum atomic E-state index is 13.2. The molecule has 2 aliphatic rings. The third kappa shape index (κ3) is 6.89. The van der Waals surface area contributed by atoms with Crippen LogP contribution in [0.5, 0.6) is 0 Å². The minimum Gasteiger partial charge on any atom is -0.363 e. The Hall–Kier alpha value is -3.39. The molecule has 0 radical (unpaired) electrons. The number of carbonyl (C=O) groups excluding carboxylic acids is 2. The summed E-state index contributed by atoms with van der Waals surface area (Å²) in [5.41, 5.74) is 5.18. The van der Waals surface area contributed by atoms with Crippen LogP contribution in [0.1, 0.15) is 43.4 Å². The van der Waals surface area contributed by atoms with Crippen LogP contribution in [0.15, 0.2) is 52.8 Å². The van der Waals surface area contributed by atoms with E-state index in [4.69, 9.17) is 16.6 Å². The monoisotopic (exact) mass is 522 g/mol. The summed E-state index contributed by atoms with van der Waals surface area (Å²) in [5, 5.41) is 7.31. The van der Waals surface area contributed by atoms with Gasteiger partial charge in [-0.1, -0.05) is 23.7 Å². The number of piperidine rings is 1. The van der Waals surface area contributed by atoms with Crippen LogP contribution >= 0.6 is 11.6 Å². The number of halogens is 1. The molecule has 3 heterocycles. The van der Waals surface area contributed by atoms with Crippen LogP contribution in [0.2, 0.25) is 0 Å². The molecule has 4 bridgehead atoms. The number of nitrogens with zero attached hydrogens (tertiary/aromatic N) is 4. The van der Waals surface area contributed by atoms with Crippen molar-refractivity contribution in [2.75, 3.05) is 30.8 Å². The first-order chi connectivity index (χ1) is 17.9. The van der Waals surface area contributed by atoms with Gasteiger partial charge in [0.15, 0.2) is 0 Å². The smallest absolute Gasteiger partial charge is 0.225 e. The molecule has 2 amide bonds. The highest BCUT2D eigenvalue weighted by molar-refractivity contribution is 6.44. The fourth-order valence-corrected chi connectivity index (χ4v) is 4.96. The Morgan fingerprint density at radius 1 is 1.19 bits per heavy atom. The lowest BCUT2D eigenvalue weighted by atomic mass is 9.95. The molecule has 4 rings (SSSR count). The van der Waals surface area contributed by atoms with E-state index in [0.29, 0.717) is 43.3 Å². The Labute approximate surface area is 223 Å². The van der Waals surface area contributed by atoms with E-state index in [2.05, 4.69) is 33.8 Å². The molecule has 1 unspecified atom stereocenters. The molecule has 1 aromatic heterocycles. The quantitative estimate of drug-likeness (QED) is 0.567. The molecule has 196 valence electrons. The second-order valence-corrected chi connectivity index (χ2v) is 10.1. The highest BCUT2D eigenvalue weighted by Crippen LogP contribution is 2.24. The average Bonchev–Trinajstić information content (AvgIpc) is 2.92. The van der Waals surface area contributed by atoms with Gasteiger partial charge in [-0.05, 0) is 74.4 Å². The van der Waals surface area contributed by atoms with Gasteiger partial charge in [-0.15, -0.1) is 0 Å². The van der Waals surface area contributed by atoms with E-state index in [1.807, 2.05) is 44.1 Å². The molecule has 0 spiro atoms. The van der Waals surface area contributed by atoms with Crippen LogP contribution in [0.4, 0.5) is 11.4 Å². The molecule has 1 aromatic carbocycles. The van der Waals surface area contributed by atoms with Crippen LogP contribution in [0.25, 0.3) is 0 Å². The summed E-state index contributed by atoms with van der Waals surface area (Å²) >= 11 is 6.50. The van der Waals surface area contributed by atoms with Crippen molar-refractivity contribution in [2.45, 2.75) is 52.2 Å². The number of hydrogen-bond donors (Lipinski definition) is 2. The Morgan fingerprint density at radius 2 is 1.97 bits per heavy atom. The number of allylic oxidation sites excluding steroid dienone is 1. The van der Waals surface area contributed by atoms with Gasteiger partial charge in [0.1, 0.15) is 12.0 Å². The van der Waals surface area contributed by atoms with E-state index >= 15 is 0 Å². The van der Waals surface area contributed by atoms with Crippen LogP contribution < -0.4 is 10.6 Å². The van der Waals surface area contributed by atoms with Crippen molar-refractivity contribution in [3.63, 3.8) is 0 Å². The van der Waals surface area contributed by atoms with Gasteiger partial charge in [-0.3, -0.25) is 14.6 Å². The van der Waals surface area contributed by atoms with Gasteiger partial charge in [0.25, 0.3) is 0 Å². The number of likely N-dealkylation sites (tertiary alicyclic amines) is 1. The summed E-state index contributed by atoms with van der Waals surface area (Å²) in [6.07, 6.45) is 9.20. The van der Waals surface area contributed by atoms with E-state index in [1.165, 1.54) is 0 Å². The SMILES string of the molecule is C/C=C(Cl)\C1=N/C(C)Nc2cncc(c2)CCc2cc(ccc2CN(C)C(=O)C2CCN(C=O)CC2)N1. The minimum absolute atomic E-state index is 0.0442. The first-order valence-corrected chi connectivity index (χ1v) is 13.2. The average molecular weight is 523 g/mol. The predicted octanol–water partition coefficient (Wildman–Crippen LogP) is 4.42. The maximum Gasteiger partial charge on any atom is 0.225 e. The number of aromatic nitrogens is 1. The predicted molar refractivity (Wildman–Crippen MR) is 149 cm³/mol. The van der Waals surface area contributed by atoms with Crippen molar-refractivity contribution in [3.05, 3.63) is 64.5 Å². The van der Waals surface area contributed by atoms with Crippen molar-refractivity contribution in [3.8, 4) is 0 Å². The standard InChI is InChI=1S/C28H35ClN6O2/c1-4-26(29)27-32-19(2)31-25-13-20(15-30-16-25)5-6-22-14-24(33-27)8-7-23(22)17-34(3)28(37)21-9-11-35(18-36)12-10-21/h4,7-8,13-16,18-19,21,31H,5-6,9-12,17H2,1-3H3,(H,32,33)/b26-4+. The second-order valence-electron chi connectivity index (χ2n) is 9.73. The van der Waals surface area contributed by atoms with Crippen LogP contribution in [0, 0.1) is 5.92 Å². The zero-order valence-electron chi connectivity index (χ0n) is 21.7. The lowest BCUT2D eigenvalue weighted by molar-refractivity contribution is -0.137. The first kappa shape index (κ1) is 26.7. The van der Waals surface area contributed by atoms with Crippen molar-refractivity contribution in [1.29, 1.82) is 0 Å². The number of anilines is 2. The van der Waals surface area contributed by atoms with E-state index < -0.39 is 0 Å². The topological polar surface area (TPSA) is 89.9 Å². The fourth-order valence-electron chi connectivity index (χ4n) is 4.86. The number of amides is 2. The Kier molecular flexibility index (Phi) is 8.82. The van der Waals surface area contributed by atoms with E-state index in [1.54, 1.807) is 11.1 Å². The minimum atomic E-state index is -0.217. The third-order valence-electron chi connectivity index (χ3n) is 6.94. The van der Waals surface area contributed by atoms with Gasteiger partial charge in [-0.2, -0.15) is 0 Å². The van der Waals surface area contributed by atoms with Crippen molar-refractivity contribution in [1.82, 2.24) is 14.8 Å². The normalized spacial score (nSPS) is 20.2. The van der Waals surface area contributed by atoms with Crippen LogP contribution in [-0.4, -0.2) is 59.2 Å². The number of amidine groups is 1. The van der Waals surface area contributed by atoms with Gasteiger partial charge >= 0.3 is 0 Å². The first-order valence-electron chi connectivity index (χ1n) is 12.8. The maximum absolute atomic E-state index is 13.2. The lowest BCUT2D eigenvalue weighted by Gasteiger charge is -2.31. The molecule has 1 fully saturated rings. The number of hydrogen-bond acceptors (Lipinski definition) is 6. The van der Waals surface area contributed by atoms with Crippen molar-refractivity contribution < 1.29 is 9.59 Å². The van der Waals surface area contributed by atoms with Gasteiger partial charge < -0.3 is 20.4 Å². The lowest BCUT2D eigenvalue weighted by Crippen LogP contribution is -2.40. The Bertz CT molecular complexity index is 1190. The Morgan fingerprint density at radius 3 is 2.70 bits per heavy atom. The Balaban J connectivity index is 1.60. The molecule has 1 saturated heterocycles. The second kappa shape index (κ2) is 12.2. The molecular weight excluding hydrogens is 488 g/mol. The molecule has 9 heteroatoms. The van der Waals surface area contributed by atoms with Gasteiger partial charge in [-0.25, -0.2) is 4.99 Å². The molecule has 0 saturated carbocycles. The number of nitrogens with one attached hydrogen (secondary N) is 2. The third-order valence-corrected chi connectivity index (χ3v) is 7.33. The number of aliphatic imine (C=N–C) groups is 1. The summed E-state index contributed by atoms with van der Waals surface area (Å²) in [5.74, 6) is 0.674. The van der Waals surface area contributed by atoms with Crippen LogP contribution in [0.3, 0.4) is 0 Å². The largest absolute Gasteiger partial charge is 0.363 e. The molecule has 2 aromatic rings. The number of pyridine rings is 1. The molecule has 2 aliphatic heterocycles. The van der Waals surface area contributed by atoms with Gasteiger partial charge in [0, 0.05) is 44.5 Å². The highest BCUT2D eigenvalue weighted by atomic mass is 35.5. The number of rotatable bonds is 5. The number of aryl methyl sites for hydroxylation is 2. The summed E-state index contributed by atoms with van der Waals surface area (Å²) in [7, 11) is 1.86. The number of carbonyl (C=O) groups is 2. The summed E-state index contributed by atoms with van der Waals surface area (Å²) < 4.78 is 0. The summed E-state index contributed by atoms with van der Waals surface area (Å²) in [6.45, 7) is 5.65. The molecule has 2 N–H and O–H groups in total. The van der Waals surface area contributed by atoms with E-state index in [-0.39, 0.29) is 18.0 Å². The fraction of sp³-hybridized carbons (Fsp3) is 0.429. The van der Waals surface area contributed by atoms with Gasteiger partial charge in [0.05, 0.1) is 16.9 Å². The molecule has 0 aliphatic carbocycles. The summed E-state index contributed by atoms with van der Waals surface area (Å²) in [4.78, 5) is 36.9. The zero-order chi connectivity index (χ0) is 26.4. The molecule has 1 atom stereocenters. The molecular formula is C28H35ClN6O2. The number of benzene rings is 1. The van der Waals surface area contributed by atoms with Crippen LogP contribution in [-0.2, 0) is 29.0 Å². The van der Waals surface area contributed by atoms with Gasteiger partial charge in [0.2, 0.25) is 12.3 Å². The van der Waals surface area contributed by atoms with Crippen molar-refractivity contribution >= 4 is 41.1 Å². The van der Waals surface area contributed by atoms with E-state index in [9.17, 15) is 9.59 Å². The number of fused-ring (bicyclic) bond motifs is 4. The van der Waals surface area contributed by atoms with Crippen molar-refractivity contribution in [2.24, 2.45) is 10.9 Å². The highest BCUT2D eigenvalue weighted by Gasteiger charge is 2.27. The zero-order valence-corrected chi connectivity index (χ0v) is 22.5. The molecule has 37 heavy (non-hydrogen) atoms. The molecule has 8 nitrogen and oxygen atoms in total. The summed E-state index contributed by atoms with van der Waals surface area (Å²) in [6, 6.07) is 8.31.